The van der Waals surface area contributed by atoms with Crippen molar-refractivity contribution in [3.8, 4) is 0 Å². The van der Waals surface area contributed by atoms with Gasteiger partial charge in [-0.05, 0) is 32.8 Å². The molecule has 0 aliphatic heterocycles. The zero-order valence-electron chi connectivity index (χ0n) is 15.3. The number of guanidine groups is 1. The van der Waals surface area contributed by atoms with E-state index in [1.165, 1.54) is 11.3 Å². The van der Waals surface area contributed by atoms with Crippen molar-refractivity contribution in [2.24, 2.45) is 12.0 Å². The van der Waals surface area contributed by atoms with Crippen LogP contribution in [0.25, 0.3) is 0 Å². The Labute approximate surface area is 165 Å². The van der Waals surface area contributed by atoms with E-state index in [9.17, 15) is 0 Å². The van der Waals surface area contributed by atoms with Crippen molar-refractivity contribution in [1.29, 1.82) is 0 Å². The topological polar surface area (TPSA) is 58.3 Å². The number of thiazole rings is 1. The number of aryl methyl sites for hydroxylation is 3. The van der Waals surface area contributed by atoms with E-state index in [4.69, 9.17) is 0 Å². The molecule has 2 aromatic rings. The second-order valence-electron chi connectivity index (χ2n) is 5.71. The average Bonchev–Trinajstić information content (AvgIpc) is 3.00. The smallest absolute Gasteiger partial charge is 0.193 e. The minimum Gasteiger partial charge on any atom is -0.356 e. The summed E-state index contributed by atoms with van der Waals surface area (Å²) in [5.74, 6) is 0.884. The zero-order valence-corrected chi connectivity index (χ0v) is 18.4. The second kappa shape index (κ2) is 9.36. The Balaban J connectivity index is 0.00000288. The summed E-state index contributed by atoms with van der Waals surface area (Å²) in [6.07, 6.45) is 0.939. The van der Waals surface area contributed by atoms with Gasteiger partial charge in [-0.25, -0.2) is 4.98 Å². The number of nitrogens with one attached hydrogen (secondary N) is 1. The summed E-state index contributed by atoms with van der Waals surface area (Å²) in [6.45, 7) is 7.80. The van der Waals surface area contributed by atoms with Crippen LogP contribution in [0, 0.1) is 20.8 Å². The second-order valence-corrected chi connectivity index (χ2v) is 6.77. The summed E-state index contributed by atoms with van der Waals surface area (Å²) in [4.78, 5) is 11.0. The molecule has 0 unspecified atom stereocenters. The van der Waals surface area contributed by atoms with Crippen molar-refractivity contribution in [3.05, 3.63) is 33.0 Å². The summed E-state index contributed by atoms with van der Waals surface area (Å²) < 4.78 is 1.94. The fourth-order valence-electron chi connectivity index (χ4n) is 2.66. The summed E-state index contributed by atoms with van der Waals surface area (Å²) in [7, 11) is 5.83. The van der Waals surface area contributed by atoms with Gasteiger partial charge in [0.1, 0.15) is 0 Å². The van der Waals surface area contributed by atoms with Gasteiger partial charge in [-0.3, -0.25) is 9.67 Å². The van der Waals surface area contributed by atoms with Crippen LogP contribution in [-0.4, -0.2) is 46.3 Å². The Bertz CT molecular complexity index is 691. The van der Waals surface area contributed by atoms with Crippen LogP contribution in [0.15, 0.2) is 10.4 Å². The maximum Gasteiger partial charge on any atom is 0.193 e. The number of hydrogen-bond donors (Lipinski definition) is 1. The maximum absolute atomic E-state index is 4.50. The summed E-state index contributed by atoms with van der Waals surface area (Å²) in [5.41, 5.74) is 4.73. The molecule has 1 N–H and O–H groups in total. The van der Waals surface area contributed by atoms with Gasteiger partial charge in [-0.15, -0.1) is 35.3 Å². The van der Waals surface area contributed by atoms with Gasteiger partial charge in [-0.2, -0.15) is 5.10 Å². The van der Waals surface area contributed by atoms with Crippen LogP contribution >= 0.6 is 35.3 Å². The molecule has 0 aromatic carbocycles. The highest BCUT2D eigenvalue weighted by Gasteiger charge is 2.11. The fraction of sp³-hybridized carbons (Fsp3) is 0.562. The van der Waals surface area contributed by atoms with E-state index in [1.807, 2.05) is 32.7 Å². The molecule has 2 aromatic heterocycles. The van der Waals surface area contributed by atoms with Crippen molar-refractivity contribution in [2.45, 2.75) is 33.7 Å². The van der Waals surface area contributed by atoms with Crippen LogP contribution in [0.4, 0.5) is 0 Å². The Hall–Kier alpha value is -1.16. The van der Waals surface area contributed by atoms with Crippen molar-refractivity contribution < 1.29 is 0 Å². The summed E-state index contributed by atoms with van der Waals surface area (Å²) >= 11 is 1.68. The standard InChI is InChI=1S/C16H26N6S.HI/c1-11-15(12(2)22(6)20-11)7-8-18-16(17-4)21(5)9-14-10-23-13(3)19-14;/h10H,7-9H2,1-6H3,(H,17,18);1H. The van der Waals surface area contributed by atoms with Gasteiger partial charge in [0.15, 0.2) is 5.96 Å². The first-order valence-corrected chi connectivity index (χ1v) is 8.62. The van der Waals surface area contributed by atoms with E-state index in [2.05, 4.69) is 44.5 Å². The molecule has 0 spiro atoms. The first kappa shape index (κ1) is 20.9. The van der Waals surface area contributed by atoms with Gasteiger partial charge < -0.3 is 10.2 Å². The molecule has 0 fully saturated rings. The van der Waals surface area contributed by atoms with Crippen molar-refractivity contribution in [2.75, 3.05) is 20.6 Å². The molecular formula is C16H27IN6S. The number of rotatable bonds is 5. The lowest BCUT2D eigenvalue weighted by molar-refractivity contribution is 0.471. The van der Waals surface area contributed by atoms with E-state index in [-0.39, 0.29) is 24.0 Å². The van der Waals surface area contributed by atoms with Crippen molar-refractivity contribution >= 4 is 41.3 Å². The number of hydrogen-bond acceptors (Lipinski definition) is 4. The summed E-state index contributed by atoms with van der Waals surface area (Å²) in [6, 6.07) is 0. The third-order valence-electron chi connectivity index (χ3n) is 3.96. The van der Waals surface area contributed by atoms with E-state index < -0.39 is 0 Å². The molecule has 2 heterocycles. The van der Waals surface area contributed by atoms with Crippen LogP contribution < -0.4 is 5.32 Å². The Kier molecular flexibility index (Phi) is 8.14. The first-order chi connectivity index (χ1) is 10.9. The third kappa shape index (κ3) is 5.17. The lowest BCUT2D eigenvalue weighted by Gasteiger charge is -2.21. The minimum atomic E-state index is 0. The van der Waals surface area contributed by atoms with Gasteiger partial charge in [0.25, 0.3) is 0 Å². The quantitative estimate of drug-likeness (QED) is 0.422. The minimum absolute atomic E-state index is 0. The highest BCUT2D eigenvalue weighted by atomic mass is 127. The van der Waals surface area contributed by atoms with E-state index in [0.717, 1.165) is 41.9 Å². The Morgan fingerprint density at radius 2 is 2.08 bits per heavy atom. The van der Waals surface area contributed by atoms with E-state index in [1.54, 1.807) is 11.3 Å². The third-order valence-corrected chi connectivity index (χ3v) is 4.78. The first-order valence-electron chi connectivity index (χ1n) is 7.74. The number of aromatic nitrogens is 3. The number of halogens is 1. The van der Waals surface area contributed by atoms with Gasteiger partial charge in [-0.1, -0.05) is 0 Å². The predicted octanol–water partition coefficient (Wildman–Crippen LogP) is 2.67. The fourth-order valence-corrected chi connectivity index (χ4v) is 3.27. The molecule has 2 rings (SSSR count). The van der Waals surface area contributed by atoms with Crippen LogP contribution in [0.3, 0.4) is 0 Å². The van der Waals surface area contributed by atoms with Gasteiger partial charge in [0.2, 0.25) is 0 Å². The molecular weight excluding hydrogens is 435 g/mol. The number of aliphatic imine (C=N–C) groups is 1. The molecule has 24 heavy (non-hydrogen) atoms. The molecule has 0 atom stereocenters. The van der Waals surface area contributed by atoms with Crippen molar-refractivity contribution in [3.63, 3.8) is 0 Å². The molecule has 0 saturated carbocycles. The monoisotopic (exact) mass is 462 g/mol. The maximum atomic E-state index is 4.50. The molecule has 0 aliphatic carbocycles. The van der Waals surface area contributed by atoms with Gasteiger partial charge in [0, 0.05) is 38.8 Å². The molecule has 0 bridgehead atoms. The van der Waals surface area contributed by atoms with E-state index in [0.29, 0.717) is 0 Å². The summed E-state index contributed by atoms with van der Waals surface area (Å²) in [5, 5.41) is 11.1. The van der Waals surface area contributed by atoms with Crippen molar-refractivity contribution in [1.82, 2.24) is 25.0 Å². The van der Waals surface area contributed by atoms with Crippen LogP contribution in [-0.2, 0) is 20.0 Å². The normalized spacial score (nSPS) is 11.3. The van der Waals surface area contributed by atoms with Gasteiger partial charge in [0.05, 0.1) is 22.9 Å². The highest BCUT2D eigenvalue weighted by molar-refractivity contribution is 14.0. The Morgan fingerprint density at radius 3 is 2.58 bits per heavy atom. The molecule has 0 radical (unpaired) electrons. The largest absolute Gasteiger partial charge is 0.356 e. The Morgan fingerprint density at radius 1 is 1.38 bits per heavy atom. The molecule has 134 valence electrons. The lowest BCUT2D eigenvalue weighted by Crippen LogP contribution is -2.39. The van der Waals surface area contributed by atoms with Crippen LogP contribution in [0.2, 0.25) is 0 Å². The van der Waals surface area contributed by atoms with Crippen LogP contribution in [0.1, 0.15) is 27.7 Å². The predicted molar refractivity (Wildman–Crippen MR) is 111 cm³/mol. The molecule has 0 aliphatic rings. The lowest BCUT2D eigenvalue weighted by atomic mass is 10.1. The van der Waals surface area contributed by atoms with Crippen LogP contribution in [0.5, 0.6) is 0 Å². The SMILES string of the molecule is CN=C(NCCc1c(C)nn(C)c1C)N(C)Cc1csc(C)n1.I. The molecule has 8 heteroatoms. The van der Waals surface area contributed by atoms with Gasteiger partial charge >= 0.3 is 0 Å². The number of nitrogens with zero attached hydrogens (tertiary/aromatic N) is 5. The highest BCUT2D eigenvalue weighted by Crippen LogP contribution is 2.12. The molecule has 0 amide bonds. The zero-order chi connectivity index (χ0) is 17.0. The van der Waals surface area contributed by atoms with E-state index >= 15 is 0 Å². The molecule has 0 saturated heterocycles. The average molecular weight is 462 g/mol. The molecule has 6 nitrogen and oxygen atoms in total.